The number of nitrogens with two attached hydrogens (primary N) is 1. The van der Waals surface area contributed by atoms with Gasteiger partial charge in [-0.15, -0.1) is 0 Å². The van der Waals surface area contributed by atoms with Crippen LogP contribution in [0.3, 0.4) is 0 Å². The number of anilines is 1. The van der Waals surface area contributed by atoms with E-state index in [1.165, 1.54) is 0 Å². The fourth-order valence-electron chi connectivity index (χ4n) is 2.70. The van der Waals surface area contributed by atoms with E-state index in [9.17, 15) is 4.79 Å². The minimum Gasteiger partial charge on any atom is -0.368 e. The maximum absolute atomic E-state index is 12.5. The highest BCUT2D eigenvalue weighted by atomic mass is 16.2. The Kier molecular flexibility index (Phi) is 3.77. The molecule has 1 amide bonds. The van der Waals surface area contributed by atoms with E-state index in [1.54, 1.807) is 30.7 Å². The van der Waals surface area contributed by atoms with Gasteiger partial charge in [0.05, 0.1) is 5.69 Å². The third-order valence-corrected chi connectivity index (χ3v) is 3.75. The van der Waals surface area contributed by atoms with Crippen molar-refractivity contribution in [3.8, 4) is 0 Å². The molecule has 21 heavy (non-hydrogen) atoms. The summed E-state index contributed by atoms with van der Waals surface area (Å²) in [5.41, 5.74) is 7.23. The van der Waals surface area contributed by atoms with E-state index >= 15 is 0 Å². The summed E-state index contributed by atoms with van der Waals surface area (Å²) in [5.74, 6) is 0.545. The van der Waals surface area contributed by atoms with Crippen molar-refractivity contribution in [2.75, 3.05) is 18.8 Å². The van der Waals surface area contributed by atoms with Crippen LogP contribution >= 0.6 is 0 Å². The van der Waals surface area contributed by atoms with Crippen LogP contribution in [0.4, 0.5) is 5.95 Å². The summed E-state index contributed by atoms with van der Waals surface area (Å²) in [6.45, 7) is 1.44. The van der Waals surface area contributed by atoms with Crippen molar-refractivity contribution in [2.45, 2.75) is 18.8 Å². The Morgan fingerprint density at radius 1 is 1.24 bits per heavy atom. The van der Waals surface area contributed by atoms with Crippen LogP contribution in [0, 0.1) is 0 Å². The first-order chi connectivity index (χ1) is 10.2. The maximum atomic E-state index is 12.5. The van der Waals surface area contributed by atoms with Gasteiger partial charge in [-0.3, -0.25) is 9.78 Å². The number of aromatic nitrogens is 3. The number of amides is 1. The number of hydrogen-bond acceptors (Lipinski definition) is 5. The van der Waals surface area contributed by atoms with Gasteiger partial charge in [0.2, 0.25) is 5.95 Å². The fourth-order valence-corrected chi connectivity index (χ4v) is 2.70. The molecule has 0 aliphatic carbocycles. The molecule has 0 spiro atoms. The smallest absolute Gasteiger partial charge is 0.253 e. The summed E-state index contributed by atoms with van der Waals surface area (Å²) in [4.78, 5) is 26.5. The molecule has 6 nitrogen and oxygen atoms in total. The maximum Gasteiger partial charge on any atom is 0.253 e. The van der Waals surface area contributed by atoms with Gasteiger partial charge in [0.1, 0.15) is 0 Å². The first-order valence-corrected chi connectivity index (χ1v) is 7.02. The number of rotatable bonds is 2. The average Bonchev–Trinajstić information content (AvgIpc) is 2.55. The Bertz CT molecular complexity index is 631. The van der Waals surface area contributed by atoms with Crippen molar-refractivity contribution in [1.82, 2.24) is 19.9 Å². The molecule has 1 fully saturated rings. The Morgan fingerprint density at radius 2 is 2.05 bits per heavy atom. The van der Waals surface area contributed by atoms with Crippen LogP contribution in [0.5, 0.6) is 0 Å². The standard InChI is InChI=1S/C15H17N5O/c16-15-18-8-5-13(19-15)12-2-1-9-20(10-12)14(21)11-3-6-17-7-4-11/h3-8,12H,1-2,9-10H2,(H2,16,18,19)/t12-/m1/s1. The Morgan fingerprint density at radius 3 is 2.81 bits per heavy atom. The number of piperidine rings is 1. The topological polar surface area (TPSA) is 85.0 Å². The van der Waals surface area contributed by atoms with Gasteiger partial charge in [0.25, 0.3) is 5.91 Å². The molecular weight excluding hydrogens is 266 g/mol. The van der Waals surface area contributed by atoms with Gasteiger partial charge < -0.3 is 10.6 Å². The predicted octanol–water partition coefficient (Wildman–Crippen LogP) is 1.47. The molecule has 0 radical (unpaired) electrons. The monoisotopic (exact) mass is 283 g/mol. The quantitative estimate of drug-likeness (QED) is 0.902. The second kappa shape index (κ2) is 5.87. The van der Waals surface area contributed by atoms with Crippen molar-refractivity contribution in [2.24, 2.45) is 0 Å². The Labute approximate surface area is 123 Å². The Balaban J connectivity index is 1.75. The molecule has 0 aromatic carbocycles. The van der Waals surface area contributed by atoms with Gasteiger partial charge in [0.15, 0.2) is 0 Å². The molecule has 1 atom stereocenters. The van der Waals surface area contributed by atoms with E-state index in [4.69, 9.17) is 5.73 Å². The van der Waals surface area contributed by atoms with E-state index in [1.807, 2.05) is 11.0 Å². The molecule has 2 aromatic heterocycles. The van der Waals surface area contributed by atoms with E-state index in [0.717, 1.165) is 25.1 Å². The number of carbonyl (C=O) groups is 1. The van der Waals surface area contributed by atoms with Gasteiger partial charge in [-0.25, -0.2) is 9.97 Å². The third kappa shape index (κ3) is 2.99. The van der Waals surface area contributed by atoms with Crippen LogP contribution in [0.1, 0.15) is 34.8 Å². The van der Waals surface area contributed by atoms with E-state index in [-0.39, 0.29) is 17.8 Å². The molecule has 0 saturated carbocycles. The minimum atomic E-state index is 0.0455. The zero-order valence-corrected chi connectivity index (χ0v) is 11.6. The lowest BCUT2D eigenvalue weighted by molar-refractivity contribution is 0.0706. The second-order valence-electron chi connectivity index (χ2n) is 5.17. The summed E-state index contributed by atoms with van der Waals surface area (Å²) >= 11 is 0. The molecule has 6 heteroatoms. The molecular formula is C15H17N5O. The SMILES string of the molecule is Nc1nccc([C@@H]2CCCN(C(=O)c3ccncc3)C2)n1. The zero-order valence-electron chi connectivity index (χ0n) is 11.6. The van der Waals surface area contributed by atoms with Crippen molar-refractivity contribution >= 4 is 11.9 Å². The minimum absolute atomic E-state index is 0.0455. The molecule has 2 aromatic rings. The van der Waals surface area contributed by atoms with Gasteiger partial charge in [-0.1, -0.05) is 0 Å². The highest BCUT2D eigenvalue weighted by Crippen LogP contribution is 2.26. The van der Waals surface area contributed by atoms with Crippen molar-refractivity contribution in [3.63, 3.8) is 0 Å². The molecule has 0 unspecified atom stereocenters. The Hall–Kier alpha value is -2.50. The van der Waals surface area contributed by atoms with E-state index in [2.05, 4.69) is 15.0 Å². The van der Waals surface area contributed by atoms with E-state index < -0.39 is 0 Å². The first-order valence-electron chi connectivity index (χ1n) is 7.02. The van der Waals surface area contributed by atoms with Crippen LogP contribution in [-0.2, 0) is 0 Å². The largest absolute Gasteiger partial charge is 0.368 e. The van der Waals surface area contributed by atoms with Gasteiger partial charge in [-0.2, -0.15) is 0 Å². The predicted molar refractivity (Wildman–Crippen MR) is 78.6 cm³/mol. The lowest BCUT2D eigenvalue weighted by atomic mass is 9.94. The second-order valence-corrected chi connectivity index (χ2v) is 5.17. The molecule has 1 saturated heterocycles. The number of likely N-dealkylation sites (tertiary alicyclic amines) is 1. The summed E-state index contributed by atoms with van der Waals surface area (Å²) < 4.78 is 0. The summed E-state index contributed by atoms with van der Waals surface area (Å²) in [7, 11) is 0. The summed E-state index contributed by atoms with van der Waals surface area (Å²) in [6.07, 6.45) is 6.92. The van der Waals surface area contributed by atoms with Crippen LogP contribution in [0.15, 0.2) is 36.8 Å². The highest BCUT2D eigenvalue weighted by Gasteiger charge is 2.26. The molecule has 3 rings (SSSR count). The van der Waals surface area contributed by atoms with Crippen molar-refractivity contribution in [1.29, 1.82) is 0 Å². The molecule has 1 aliphatic heterocycles. The van der Waals surface area contributed by atoms with Crippen molar-refractivity contribution < 1.29 is 4.79 Å². The van der Waals surface area contributed by atoms with E-state index in [0.29, 0.717) is 12.1 Å². The molecule has 3 heterocycles. The molecule has 1 aliphatic rings. The lowest BCUT2D eigenvalue weighted by Gasteiger charge is -2.32. The highest BCUT2D eigenvalue weighted by molar-refractivity contribution is 5.94. The van der Waals surface area contributed by atoms with Gasteiger partial charge in [0, 0.05) is 43.2 Å². The third-order valence-electron chi connectivity index (χ3n) is 3.75. The summed E-state index contributed by atoms with van der Waals surface area (Å²) in [5, 5.41) is 0. The van der Waals surface area contributed by atoms with Crippen LogP contribution in [-0.4, -0.2) is 38.8 Å². The van der Waals surface area contributed by atoms with Crippen LogP contribution in [0.2, 0.25) is 0 Å². The number of hydrogen-bond donors (Lipinski definition) is 1. The average molecular weight is 283 g/mol. The first kappa shape index (κ1) is 13.5. The molecule has 0 bridgehead atoms. The van der Waals surface area contributed by atoms with Gasteiger partial charge in [-0.05, 0) is 31.0 Å². The normalized spacial score (nSPS) is 18.5. The fraction of sp³-hybridized carbons (Fsp3) is 0.333. The van der Waals surface area contributed by atoms with Crippen molar-refractivity contribution in [3.05, 3.63) is 48.0 Å². The van der Waals surface area contributed by atoms with Crippen LogP contribution < -0.4 is 5.73 Å². The van der Waals surface area contributed by atoms with Crippen LogP contribution in [0.25, 0.3) is 0 Å². The number of nitrogens with zero attached hydrogens (tertiary/aromatic N) is 4. The number of carbonyl (C=O) groups excluding carboxylic acids is 1. The lowest BCUT2D eigenvalue weighted by Crippen LogP contribution is -2.39. The summed E-state index contributed by atoms with van der Waals surface area (Å²) in [6, 6.07) is 5.37. The number of nitrogen functional groups attached to an aromatic ring is 1. The van der Waals surface area contributed by atoms with Gasteiger partial charge >= 0.3 is 0 Å². The number of pyridine rings is 1. The molecule has 108 valence electrons. The molecule has 2 N–H and O–H groups in total. The zero-order chi connectivity index (χ0) is 14.7.